The number of aromatic hydroxyl groups is 1. The molecule has 0 spiro atoms. The van der Waals surface area contributed by atoms with Crippen molar-refractivity contribution in [3.8, 4) is 39.5 Å². The molecule has 1 aromatic heterocycles. The number of phenolic OH excluding ortho intramolecular Hbond substituents is 1. The molecule has 1 heterocycles. The van der Waals surface area contributed by atoms with Gasteiger partial charge in [0.1, 0.15) is 5.75 Å². The number of hydrogen-bond acceptors (Lipinski definition) is 5. The van der Waals surface area contributed by atoms with Gasteiger partial charge < -0.3 is 5.11 Å². The van der Waals surface area contributed by atoms with Gasteiger partial charge in [0.15, 0.2) is 0 Å². The maximum absolute atomic E-state index is 11.3. The second kappa shape index (κ2) is 8.41. The highest BCUT2D eigenvalue weighted by Gasteiger charge is 2.22. The van der Waals surface area contributed by atoms with Gasteiger partial charge in [0.05, 0.1) is 33.1 Å². The highest BCUT2D eigenvalue weighted by molar-refractivity contribution is 7.86. The SMILES string of the molecule is O=S(=O)(O)c1ccc(-c2cc(-c3ccc(O)cc3)cc(-c3ccc(S(=O)(=O)O)cc3)[o+]2)cc1. The van der Waals surface area contributed by atoms with Crippen molar-refractivity contribution in [1.29, 1.82) is 0 Å². The van der Waals surface area contributed by atoms with Crippen molar-refractivity contribution >= 4 is 20.2 Å². The van der Waals surface area contributed by atoms with E-state index in [1.54, 1.807) is 24.3 Å². The van der Waals surface area contributed by atoms with E-state index >= 15 is 0 Å². The molecule has 3 aromatic carbocycles. The summed E-state index contributed by atoms with van der Waals surface area (Å²) in [6.45, 7) is 0. The molecule has 8 nitrogen and oxygen atoms in total. The van der Waals surface area contributed by atoms with E-state index in [2.05, 4.69) is 0 Å². The fourth-order valence-corrected chi connectivity index (χ4v) is 4.15. The van der Waals surface area contributed by atoms with Crippen LogP contribution in [0.15, 0.2) is 99.1 Å². The van der Waals surface area contributed by atoms with Crippen LogP contribution in [-0.2, 0) is 20.2 Å². The van der Waals surface area contributed by atoms with E-state index in [4.69, 9.17) is 4.42 Å². The lowest BCUT2D eigenvalue weighted by Gasteiger charge is -2.04. The molecule has 0 bridgehead atoms. The molecule has 0 atom stereocenters. The summed E-state index contributed by atoms with van der Waals surface area (Å²) in [4.78, 5) is -0.524. The molecule has 0 saturated heterocycles. The normalized spacial score (nSPS) is 11.9. The van der Waals surface area contributed by atoms with Gasteiger partial charge in [0.2, 0.25) is 0 Å². The molecule has 0 unspecified atom stereocenters. The Balaban J connectivity index is 1.86. The Kier molecular flexibility index (Phi) is 5.76. The maximum Gasteiger partial charge on any atom is 0.361 e. The van der Waals surface area contributed by atoms with Gasteiger partial charge in [-0.1, -0.05) is 12.1 Å². The maximum atomic E-state index is 11.3. The first-order valence-electron chi connectivity index (χ1n) is 9.44. The van der Waals surface area contributed by atoms with Crippen LogP contribution in [0.2, 0.25) is 0 Å². The van der Waals surface area contributed by atoms with Gasteiger partial charge in [-0.05, 0) is 66.2 Å². The molecule has 4 aromatic rings. The number of phenols is 1. The van der Waals surface area contributed by atoms with E-state index in [0.717, 1.165) is 5.56 Å². The lowest BCUT2D eigenvalue weighted by Crippen LogP contribution is -1.97. The Labute approximate surface area is 189 Å². The lowest BCUT2D eigenvalue weighted by molar-refractivity contribution is 0.475. The minimum Gasteiger partial charge on any atom is -0.508 e. The molecule has 0 amide bonds. The predicted molar refractivity (Wildman–Crippen MR) is 121 cm³/mol. The van der Waals surface area contributed by atoms with E-state index in [1.165, 1.54) is 60.7 Å². The standard InChI is InChI=1S/C23H16O8S2/c24-19-7-1-15(2-8-19)18-13-22(16-3-9-20(10-4-16)32(25,26)27)31-23(14-18)17-5-11-21(12-6-17)33(28,29)30/h1-14H,(H2-,24,25,26,27,28,29,30)/p+1. The van der Waals surface area contributed by atoms with Crippen LogP contribution in [0.25, 0.3) is 33.8 Å². The predicted octanol–water partition coefficient (Wildman–Crippen LogP) is 4.76. The van der Waals surface area contributed by atoms with Gasteiger partial charge in [0, 0.05) is 5.56 Å². The first kappa shape index (κ1) is 22.6. The van der Waals surface area contributed by atoms with Crippen LogP contribution in [0, 0.1) is 0 Å². The van der Waals surface area contributed by atoms with Gasteiger partial charge in [0.25, 0.3) is 20.2 Å². The number of rotatable bonds is 5. The van der Waals surface area contributed by atoms with E-state index in [1.807, 2.05) is 0 Å². The Hall–Kier alpha value is -3.57. The molecule has 33 heavy (non-hydrogen) atoms. The Morgan fingerprint density at radius 3 is 1.24 bits per heavy atom. The van der Waals surface area contributed by atoms with Gasteiger partial charge in [-0.2, -0.15) is 16.8 Å². The van der Waals surface area contributed by atoms with Crippen molar-refractivity contribution in [1.82, 2.24) is 0 Å². The smallest absolute Gasteiger partial charge is 0.361 e. The van der Waals surface area contributed by atoms with Crippen molar-refractivity contribution in [2.45, 2.75) is 9.79 Å². The summed E-state index contributed by atoms with van der Waals surface area (Å²) < 4.78 is 69.8. The molecule has 3 N–H and O–H groups in total. The molecule has 4 rings (SSSR count). The summed E-state index contributed by atoms with van der Waals surface area (Å²) in [7, 11) is -8.70. The zero-order chi connectivity index (χ0) is 23.8. The highest BCUT2D eigenvalue weighted by atomic mass is 32.2. The Morgan fingerprint density at radius 1 is 0.515 bits per heavy atom. The molecular formula is C23H17O8S2+. The van der Waals surface area contributed by atoms with Crippen LogP contribution in [-0.4, -0.2) is 31.0 Å². The summed E-state index contributed by atoms with van der Waals surface area (Å²) in [5, 5.41) is 9.59. The van der Waals surface area contributed by atoms with Crippen LogP contribution in [0.5, 0.6) is 5.75 Å². The third-order valence-corrected chi connectivity index (χ3v) is 6.60. The van der Waals surface area contributed by atoms with Crippen LogP contribution in [0.4, 0.5) is 0 Å². The highest BCUT2D eigenvalue weighted by Crippen LogP contribution is 2.34. The quantitative estimate of drug-likeness (QED) is 0.271. The summed E-state index contributed by atoms with van der Waals surface area (Å²) in [6.07, 6.45) is 0. The van der Waals surface area contributed by atoms with Gasteiger partial charge in [-0.15, -0.1) is 0 Å². The molecule has 0 aliphatic carbocycles. The van der Waals surface area contributed by atoms with Crippen LogP contribution in [0.1, 0.15) is 0 Å². The monoisotopic (exact) mass is 485 g/mol. The lowest BCUT2D eigenvalue weighted by atomic mass is 10.0. The average molecular weight is 486 g/mol. The van der Waals surface area contributed by atoms with Gasteiger partial charge in [-0.3, -0.25) is 9.11 Å². The van der Waals surface area contributed by atoms with Gasteiger partial charge >= 0.3 is 11.5 Å². The minimum atomic E-state index is -4.35. The topological polar surface area (TPSA) is 140 Å². The van der Waals surface area contributed by atoms with Crippen LogP contribution in [0.3, 0.4) is 0 Å². The first-order valence-corrected chi connectivity index (χ1v) is 12.3. The number of benzene rings is 3. The fraction of sp³-hybridized carbons (Fsp3) is 0. The number of hydrogen-bond donors (Lipinski definition) is 3. The van der Waals surface area contributed by atoms with E-state index < -0.39 is 20.2 Å². The van der Waals surface area contributed by atoms with Crippen molar-refractivity contribution in [2.24, 2.45) is 0 Å². The van der Waals surface area contributed by atoms with Crippen molar-refractivity contribution in [3.63, 3.8) is 0 Å². The van der Waals surface area contributed by atoms with Crippen LogP contribution >= 0.6 is 0 Å². The minimum absolute atomic E-state index is 0.0985. The van der Waals surface area contributed by atoms with Crippen molar-refractivity contribution in [2.75, 3.05) is 0 Å². The third-order valence-electron chi connectivity index (χ3n) is 4.87. The van der Waals surface area contributed by atoms with Crippen molar-refractivity contribution in [3.05, 3.63) is 84.9 Å². The van der Waals surface area contributed by atoms with E-state index in [9.17, 15) is 31.0 Å². The molecule has 0 fully saturated rings. The zero-order valence-electron chi connectivity index (χ0n) is 16.8. The summed E-state index contributed by atoms with van der Waals surface area (Å²) in [5.74, 6) is 0.842. The first-order chi connectivity index (χ1) is 15.5. The molecule has 0 radical (unpaired) electrons. The summed E-state index contributed by atoms with van der Waals surface area (Å²) in [6, 6.07) is 20.8. The van der Waals surface area contributed by atoms with Gasteiger partial charge in [-0.25, -0.2) is 4.42 Å². The van der Waals surface area contributed by atoms with Crippen LogP contribution < -0.4 is 0 Å². The third kappa shape index (κ3) is 5.10. The summed E-state index contributed by atoms with van der Waals surface area (Å²) in [5.41, 5.74) is 2.52. The second-order valence-corrected chi connectivity index (χ2v) is 9.96. The fourth-order valence-electron chi connectivity index (χ4n) is 3.19. The molecule has 168 valence electrons. The molecule has 0 saturated carbocycles. The molecule has 0 aliphatic heterocycles. The Bertz CT molecular complexity index is 1430. The second-order valence-electron chi connectivity index (χ2n) is 7.12. The summed E-state index contributed by atoms with van der Waals surface area (Å²) >= 11 is 0. The largest absolute Gasteiger partial charge is 0.508 e. The molecular weight excluding hydrogens is 468 g/mol. The Morgan fingerprint density at radius 2 is 0.879 bits per heavy atom. The molecule has 10 heteroatoms. The van der Waals surface area contributed by atoms with Crippen molar-refractivity contribution < 1.29 is 35.5 Å². The zero-order valence-corrected chi connectivity index (χ0v) is 18.4. The average Bonchev–Trinajstić information content (AvgIpc) is 2.78. The van der Waals surface area contributed by atoms with E-state index in [0.29, 0.717) is 28.2 Å². The van der Waals surface area contributed by atoms with E-state index in [-0.39, 0.29) is 15.5 Å². The molecule has 0 aliphatic rings.